The number of aryl methyl sites for hydroxylation is 1. The highest BCUT2D eigenvalue weighted by molar-refractivity contribution is 5.76. The van der Waals surface area contributed by atoms with E-state index in [-0.39, 0.29) is 5.91 Å². The fourth-order valence-corrected chi connectivity index (χ4v) is 2.51. The molecule has 6 heteroatoms. The zero-order chi connectivity index (χ0) is 15.4. The summed E-state index contributed by atoms with van der Waals surface area (Å²) in [6, 6.07) is 7.65. The van der Waals surface area contributed by atoms with Crippen LogP contribution in [0.1, 0.15) is 25.2 Å². The third kappa shape index (κ3) is 3.63. The van der Waals surface area contributed by atoms with E-state index in [0.717, 1.165) is 30.7 Å². The lowest BCUT2D eigenvalue weighted by molar-refractivity contribution is -0.120. The van der Waals surface area contributed by atoms with Gasteiger partial charge in [-0.15, -0.1) is 0 Å². The molecule has 1 fully saturated rings. The van der Waals surface area contributed by atoms with Gasteiger partial charge in [-0.05, 0) is 30.9 Å². The van der Waals surface area contributed by atoms with Crippen molar-refractivity contribution in [2.75, 3.05) is 13.2 Å². The molecule has 22 heavy (non-hydrogen) atoms. The van der Waals surface area contributed by atoms with E-state index < -0.39 is 0 Å². The van der Waals surface area contributed by atoms with Gasteiger partial charge in [-0.3, -0.25) is 4.79 Å². The van der Waals surface area contributed by atoms with Gasteiger partial charge in [0.1, 0.15) is 5.75 Å². The van der Waals surface area contributed by atoms with Crippen LogP contribution in [0, 0.1) is 12.8 Å². The summed E-state index contributed by atoms with van der Waals surface area (Å²) in [5.41, 5.74) is 0.868. The molecule has 1 amide bonds. The van der Waals surface area contributed by atoms with Crippen molar-refractivity contribution in [1.29, 1.82) is 0 Å². The molecule has 0 spiro atoms. The summed E-state index contributed by atoms with van der Waals surface area (Å²) in [4.78, 5) is 15.5. The zero-order valence-electron chi connectivity index (χ0n) is 12.5. The topological polar surface area (TPSA) is 77.2 Å². The van der Waals surface area contributed by atoms with Crippen molar-refractivity contribution in [1.82, 2.24) is 15.5 Å². The molecule has 2 aromatic rings. The van der Waals surface area contributed by atoms with Crippen LogP contribution in [0.2, 0.25) is 0 Å². The maximum absolute atomic E-state index is 11.3. The van der Waals surface area contributed by atoms with Crippen LogP contribution < -0.4 is 10.1 Å². The first-order chi connectivity index (χ1) is 10.7. The van der Waals surface area contributed by atoms with Crippen molar-refractivity contribution in [3.63, 3.8) is 0 Å². The second-order valence-corrected chi connectivity index (χ2v) is 5.52. The lowest BCUT2D eigenvalue weighted by atomic mass is 10.0. The van der Waals surface area contributed by atoms with Crippen LogP contribution in [0.15, 0.2) is 28.8 Å². The van der Waals surface area contributed by atoms with E-state index in [1.54, 1.807) is 6.92 Å². The van der Waals surface area contributed by atoms with E-state index in [1.807, 2.05) is 24.3 Å². The van der Waals surface area contributed by atoms with Crippen molar-refractivity contribution >= 4 is 5.91 Å². The highest BCUT2D eigenvalue weighted by Gasteiger charge is 2.16. The van der Waals surface area contributed by atoms with E-state index in [2.05, 4.69) is 15.5 Å². The van der Waals surface area contributed by atoms with Gasteiger partial charge in [0.2, 0.25) is 17.6 Å². The van der Waals surface area contributed by atoms with Crippen molar-refractivity contribution < 1.29 is 14.1 Å². The Kier molecular flexibility index (Phi) is 4.37. The summed E-state index contributed by atoms with van der Waals surface area (Å²) in [6.07, 6.45) is 2.40. The lowest BCUT2D eigenvalue weighted by Crippen LogP contribution is -2.21. The molecule has 2 heterocycles. The maximum Gasteiger partial charge on any atom is 0.223 e. The molecule has 0 radical (unpaired) electrons. The third-order valence-corrected chi connectivity index (χ3v) is 3.76. The summed E-state index contributed by atoms with van der Waals surface area (Å²) in [5.74, 6) is 2.42. The second-order valence-electron chi connectivity index (χ2n) is 5.52. The molecule has 1 aliphatic heterocycles. The van der Waals surface area contributed by atoms with Crippen molar-refractivity contribution in [3.8, 4) is 17.1 Å². The minimum Gasteiger partial charge on any atom is -0.493 e. The quantitative estimate of drug-likeness (QED) is 0.938. The van der Waals surface area contributed by atoms with Gasteiger partial charge in [-0.1, -0.05) is 17.3 Å². The molecule has 1 unspecified atom stereocenters. The van der Waals surface area contributed by atoms with Crippen LogP contribution in [0.5, 0.6) is 5.75 Å². The largest absolute Gasteiger partial charge is 0.493 e. The van der Waals surface area contributed by atoms with Gasteiger partial charge < -0.3 is 14.6 Å². The number of amides is 1. The summed E-state index contributed by atoms with van der Waals surface area (Å²) in [7, 11) is 0. The first kappa shape index (κ1) is 14.6. The number of hydrogen-bond donors (Lipinski definition) is 1. The molecule has 1 N–H and O–H groups in total. The fraction of sp³-hybridized carbons (Fsp3) is 0.438. The van der Waals surface area contributed by atoms with E-state index in [9.17, 15) is 4.79 Å². The normalized spacial score (nSPS) is 18.6. The van der Waals surface area contributed by atoms with E-state index in [4.69, 9.17) is 9.26 Å². The molecule has 0 saturated carbocycles. The lowest BCUT2D eigenvalue weighted by Gasteiger charge is -2.14. The van der Waals surface area contributed by atoms with Gasteiger partial charge in [0.25, 0.3) is 0 Å². The number of nitrogens with one attached hydrogen (secondary N) is 1. The predicted octanol–water partition coefficient (Wildman–Crippen LogP) is 2.34. The number of hydrogen-bond acceptors (Lipinski definition) is 5. The minimum atomic E-state index is 0.136. The smallest absolute Gasteiger partial charge is 0.223 e. The Bertz CT molecular complexity index is 654. The van der Waals surface area contributed by atoms with Crippen LogP contribution in [0.3, 0.4) is 0 Å². The molecule has 6 nitrogen and oxygen atoms in total. The van der Waals surface area contributed by atoms with Crippen molar-refractivity contribution in [3.05, 3.63) is 30.2 Å². The fourth-order valence-electron chi connectivity index (χ4n) is 2.51. The first-order valence-corrected chi connectivity index (χ1v) is 7.51. The Hall–Kier alpha value is -2.37. The molecule has 116 valence electrons. The summed E-state index contributed by atoms with van der Waals surface area (Å²) in [6.45, 7) is 3.11. The summed E-state index contributed by atoms with van der Waals surface area (Å²) >= 11 is 0. The van der Waals surface area contributed by atoms with Crippen LogP contribution >= 0.6 is 0 Å². The Morgan fingerprint density at radius 3 is 3.14 bits per heavy atom. The Labute approximate surface area is 128 Å². The standard InChI is InChI=1S/C16H19N3O3/c1-11-18-16(19-22-11)13-3-2-4-14(9-13)21-10-12-5-6-15(20)17-8-7-12/h2-4,9,12H,5-8,10H2,1H3,(H,17,20). The number of rotatable bonds is 4. The van der Waals surface area contributed by atoms with E-state index >= 15 is 0 Å². The molecule has 0 bridgehead atoms. The first-order valence-electron chi connectivity index (χ1n) is 7.51. The average molecular weight is 301 g/mol. The second kappa shape index (κ2) is 6.60. The molecular formula is C16H19N3O3. The monoisotopic (exact) mass is 301 g/mol. The Morgan fingerprint density at radius 1 is 1.41 bits per heavy atom. The highest BCUT2D eigenvalue weighted by Crippen LogP contribution is 2.23. The molecule has 1 aromatic carbocycles. The molecule has 1 aliphatic rings. The Morgan fingerprint density at radius 2 is 2.32 bits per heavy atom. The summed E-state index contributed by atoms with van der Waals surface area (Å²) in [5, 5.41) is 6.79. The molecular weight excluding hydrogens is 282 g/mol. The minimum absolute atomic E-state index is 0.136. The van der Waals surface area contributed by atoms with E-state index in [1.165, 1.54) is 0 Å². The number of benzene rings is 1. The molecule has 1 aromatic heterocycles. The van der Waals surface area contributed by atoms with Crippen LogP contribution in [-0.4, -0.2) is 29.2 Å². The van der Waals surface area contributed by atoms with Crippen LogP contribution in [-0.2, 0) is 4.79 Å². The highest BCUT2D eigenvalue weighted by atomic mass is 16.5. The van der Waals surface area contributed by atoms with Crippen molar-refractivity contribution in [2.45, 2.75) is 26.2 Å². The third-order valence-electron chi connectivity index (χ3n) is 3.76. The van der Waals surface area contributed by atoms with Crippen molar-refractivity contribution in [2.24, 2.45) is 5.92 Å². The number of ether oxygens (including phenoxy) is 1. The maximum atomic E-state index is 11.3. The number of carbonyl (C=O) groups is 1. The SMILES string of the molecule is Cc1nc(-c2cccc(OCC3CCNC(=O)CC3)c2)no1. The number of nitrogens with zero attached hydrogens (tertiary/aromatic N) is 2. The van der Waals surface area contributed by atoms with Crippen LogP contribution in [0.4, 0.5) is 0 Å². The van der Waals surface area contributed by atoms with Crippen LogP contribution in [0.25, 0.3) is 11.4 Å². The number of carbonyl (C=O) groups excluding carboxylic acids is 1. The Balaban J connectivity index is 1.62. The molecule has 0 aliphatic carbocycles. The average Bonchev–Trinajstić information content (AvgIpc) is 2.85. The number of aromatic nitrogens is 2. The summed E-state index contributed by atoms with van der Waals surface area (Å²) < 4.78 is 10.9. The zero-order valence-corrected chi connectivity index (χ0v) is 12.5. The van der Waals surface area contributed by atoms with E-state index in [0.29, 0.717) is 30.7 Å². The molecule has 1 saturated heterocycles. The van der Waals surface area contributed by atoms with Gasteiger partial charge in [0, 0.05) is 25.5 Å². The van der Waals surface area contributed by atoms with Gasteiger partial charge in [0.15, 0.2) is 0 Å². The van der Waals surface area contributed by atoms with Gasteiger partial charge in [-0.25, -0.2) is 0 Å². The molecule has 1 atom stereocenters. The van der Waals surface area contributed by atoms with Gasteiger partial charge >= 0.3 is 0 Å². The molecule has 3 rings (SSSR count). The van der Waals surface area contributed by atoms with Gasteiger partial charge in [0.05, 0.1) is 6.61 Å². The van der Waals surface area contributed by atoms with Gasteiger partial charge in [-0.2, -0.15) is 4.98 Å². The predicted molar refractivity (Wildman–Crippen MR) is 80.3 cm³/mol.